The summed E-state index contributed by atoms with van der Waals surface area (Å²) in [7, 11) is 0. The van der Waals surface area contributed by atoms with Gasteiger partial charge in [-0.3, -0.25) is 14.5 Å². The highest BCUT2D eigenvalue weighted by atomic mass is 35.5. The van der Waals surface area contributed by atoms with Crippen molar-refractivity contribution in [1.29, 1.82) is 0 Å². The van der Waals surface area contributed by atoms with Crippen molar-refractivity contribution in [3.05, 3.63) is 0 Å². The summed E-state index contributed by atoms with van der Waals surface area (Å²) in [6.45, 7) is 11.0. The van der Waals surface area contributed by atoms with Crippen molar-refractivity contribution in [3.63, 3.8) is 0 Å². The normalized spacial score (nSPS) is 19.4. The van der Waals surface area contributed by atoms with Gasteiger partial charge in [0, 0.05) is 32.2 Å². The topological polar surface area (TPSA) is 78.7 Å². The lowest BCUT2D eigenvalue weighted by Crippen LogP contribution is -2.59. The smallest absolute Gasteiger partial charge is 0.242 e. The van der Waals surface area contributed by atoms with E-state index < -0.39 is 5.54 Å². The monoisotopic (exact) mass is 348 g/mol. The highest BCUT2D eigenvalue weighted by molar-refractivity contribution is 5.86. The molecule has 0 bridgehead atoms. The van der Waals surface area contributed by atoms with Gasteiger partial charge in [-0.1, -0.05) is 20.3 Å². The zero-order valence-corrected chi connectivity index (χ0v) is 15.7. The molecule has 136 valence electrons. The number of nitrogens with zero attached hydrogens (tertiary/aromatic N) is 2. The summed E-state index contributed by atoms with van der Waals surface area (Å²) < 4.78 is 0. The van der Waals surface area contributed by atoms with Gasteiger partial charge in [-0.15, -0.1) is 12.4 Å². The Morgan fingerprint density at radius 2 is 1.78 bits per heavy atom. The number of rotatable bonds is 7. The molecule has 0 saturated carbocycles. The van der Waals surface area contributed by atoms with Gasteiger partial charge in [-0.05, 0) is 26.7 Å². The minimum absolute atomic E-state index is 0. The van der Waals surface area contributed by atoms with E-state index in [2.05, 4.69) is 17.1 Å². The van der Waals surface area contributed by atoms with Crippen LogP contribution in [0.5, 0.6) is 0 Å². The summed E-state index contributed by atoms with van der Waals surface area (Å²) in [5.74, 6) is 0.0850. The van der Waals surface area contributed by atoms with Gasteiger partial charge >= 0.3 is 0 Å². The molecule has 1 saturated heterocycles. The number of halogens is 1. The number of carbonyl (C=O) groups is 2. The average molecular weight is 349 g/mol. The lowest BCUT2D eigenvalue weighted by Gasteiger charge is -2.38. The molecule has 0 aromatic carbocycles. The van der Waals surface area contributed by atoms with E-state index in [1.807, 2.05) is 25.7 Å². The number of nitrogens with one attached hydrogen (secondary N) is 1. The standard InChI is InChI=1S/C16H32N4O2.ClH/c1-5-7-16(4,17)15(22)20-10-8-19(9-11-20)12-14(21)18-13(3)6-2;/h13H,5-12,17H2,1-4H3,(H,18,21);1H. The Kier molecular flexibility index (Phi) is 9.73. The fourth-order valence-corrected chi connectivity index (χ4v) is 2.72. The fraction of sp³-hybridized carbons (Fsp3) is 0.875. The van der Waals surface area contributed by atoms with Crippen LogP contribution in [0.3, 0.4) is 0 Å². The van der Waals surface area contributed by atoms with Crippen molar-refractivity contribution < 1.29 is 9.59 Å². The number of nitrogens with two attached hydrogens (primary N) is 1. The van der Waals surface area contributed by atoms with Crippen LogP contribution in [0.4, 0.5) is 0 Å². The Balaban J connectivity index is 0.00000484. The minimum atomic E-state index is -0.773. The largest absolute Gasteiger partial charge is 0.353 e. The first-order chi connectivity index (χ1) is 10.3. The molecule has 3 N–H and O–H groups in total. The predicted octanol–water partition coefficient (Wildman–Crippen LogP) is 0.985. The van der Waals surface area contributed by atoms with Gasteiger partial charge in [0.15, 0.2) is 0 Å². The molecule has 2 amide bonds. The quantitative estimate of drug-likeness (QED) is 0.719. The Bertz CT molecular complexity index is 382. The van der Waals surface area contributed by atoms with Crippen molar-refractivity contribution >= 4 is 24.2 Å². The molecule has 0 radical (unpaired) electrons. The van der Waals surface area contributed by atoms with Gasteiger partial charge in [0.25, 0.3) is 0 Å². The second kappa shape index (κ2) is 10.1. The van der Waals surface area contributed by atoms with E-state index in [0.29, 0.717) is 26.1 Å². The summed E-state index contributed by atoms with van der Waals surface area (Å²) in [4.78, 5) is 28.2. The molecule has 0 aliphatic carbocycles. The van der Waals surface area contributed by atoms with E-state index in [0.717, 1.165) is 25.9 Å². The lowest BCUT2D eigenvalue weighted by molar-refractivity contribution is -0.138. The highest BCUT2D eigenvalue weighted by Gasteiger charge is 2.33. The van der Waals surface area contributed by atoms with Gasteiger partial charge in [-0.25, -0.2) is 0 Å². The van der Waals surface area contributed by atoms with E-state index in [9.17, 15) is 9.59 Å². The molecular weight excluding hydrogens is 316 g/mol. The van der Waals surface area contributed by atoms with Crippen molar-refractivity contribution in [2.45, 2.75) is 58.5 Å². The number of piperazine rings is 1. The summed E-state index contributed by atoms with van der Waals surface area (Å²) in [5.41, 5.74) is 5.35. The van der Waals surface area contributed by atoms with Crippen molar-refractivity contribution in [1.82, 2.24) is 15.1 Å². The zero-order valence-electron chi connectivity index (χ0n) is 14.9. The molecule has 2 atom stereocenters. The Labute approximate surface area is 146 Å². The summed E-state index contributed by atoms with van der Waals surface area (Å²) in [6.07, 6.45) is 2.53. The van der Waals surface area contributed by atoms with E-state index in [-0.39, 0.29) is 30.3 Å². The second-order valence-electron chi connectivity index (χ2n) is 6.61. The van der Waals surface area contributed by atoms with Gasteiger partial charge in [0.2, 0.25) is 11.8 Å². The first kappa shape index (κ1) is 22.1. The fourth-order valence-electron chi connectivity index (χ4n) is 2.72. The summed E-state index contributed by atoms with van der Waals surface area (Å²) in [6, 6.07) is 0.211. The van der Waals surface area contributed by atoms with E-state index >= 15 is 0 Å². The van der Waals surface area contributed by atoms with Crippen LogP contribution in [0.1, 0.15) is 47.0 Å². The van der Waals surface area contributed by atoms with Gasteiger partial charge in [0.1, 0.15) is 0 Å². The third kappa shape index (κ3) is 7.06. The van der Waals surface area contributed by atoms with Crippen LogP contribution in [0.25, 0.3) is 0 Å². The summed E-state index contributed by atoms with van der Waals surface area (Å²) in [5, 5.41) is 2.97. The van der Waals surface area contributed by atoms with E-state index in [4.69, 9.17) is 5.73 Å². The van der Waals surface area contributed by atoms with Crippen LogP contribution in [0, 0.1) is 0 Å². The highest BCUT2D eigenvalue weighted by Crippen LogP contribution is 2.14. The van der Waals surface area contributed by atoms with Crippen LogP contribution < -0.4 is 11.1 Å². The third-order valence-corrected chi connectivity index (χ3v) is 4.30. The maximum absolute atomic E-state index is 12.4. The van der Waals surface area contributed by atoms with Crippen LogP contribution in [0.15, 0.2) is 0 Å². The first-order valence-electron chi connectivity index (χ1n) is 8.40. The molecule has 2 unspecified atom stereocenters. The van der Waals surface area contributed by atoms with Crippen LogP contribution in [-0.4, -0.2) is 65.9 Å². The first-order valence-corrected chi connectivity index (χ1v) is 8.40. The molecule has 6 nitrogen and oxygen atoms in total. The minimum Gasteiger partial charge on any atom is -0.353 e. The maximum atomic E-state index is 12.4. The summed E-state index contributed by atoms with van der Waals surface area (Å²) >= 11 is 0. The van der Waals surface area contributed by atoms with Gasteiger partial charge in [-0.2, -0.15) is 0 Å². The molecule has 1 rings (SSSR count). The second-order valence-corrected chi connectivity index (χ2v) is 6.61. The molecule has 1 aliphatic heterocycles. The number of hydrogen-bond donors (Lipinski definition) is 2. The number of hydrogen-bond acceptors (Lipinski definition) is 4. The SMILES string of the molecule is CCCC(C)(N)C(=O)N1CCN(CC(=O)NC(C)CC)CC1.Cl. The maximum Gasteiger partial charge on any atom is 0.242 e. The molecule has 0 spiro atoms. The molecule has 1 fully saturated rings. The third-order valence-electron chi connectivity index (χ3n) is 4.30. The lowest BCUT2D eigenvalue weighted by atomic mass is 9.95. The molecule has 1 heterocycles. The molecule has 1 aliphatic rings. The molecule has 23 heavy (non-hydrogen) atoms. The van der Waals surface area contributed by atoms with Gasteiger partial charge in [0.05, 0.1) is 12.1 Å². The molecule has 0 aromatic heterocycles. The zero-order chi connectivity index (χ0) is 16.8. The van der Waals surface area contributed by atoms with Crippen molar-refractivity contribution in [3.8, 4) is 0 Å². The van der Waals surface area contributed by atoms with E-state index in [1.54, 1.807) is 0 Å². The Morgan fingerprint density at radius 1 is 1.22 bits per heavy atom. The van der Waals surface area contributed by atoms with Crippen LogP contribution >= 0.6 is 12.4 Å². The molecule has 0 aromatic rings. The molecular formula is C16H33ClN4O2. The Hall–Kier alpha value is -0.850. The van der Waals surface area contributed by atoms with Gasteiger partial charge < -0.3 is 16.0 Å². The number of carbonyl (C=O) groups excluding carboxylic acids is 2. The average Bonchev–Trinajstić information content (AvgIpc) is 2.47. The van der Waals surface area contributed by atoms with Crippen molar-refractivity contribution in [2.24, 2.45) is 5.73 Å². The predicted molar refractivity (Wildman–Crippen MR) is 95.7 cm³/mol. The Morgan fingerprint density at radius 3 is 2.26 bits per heavy atom. The number of amides is 2. The van der Waals surface area contributed by atoms with Crippen LogP contribution in [0.2, 0.25) is 0 Å². The van der Waals surface area contributed by atoms with Crippen molar-refractivity contribution in [2.75, 3.05) is 32.7 Å². The van der Waals surface area contributed by atoms with Crippen LogP contribution in [-0.2, 0) is 9.59 Å². The molecule has 7 heteroatoms. The van der Waals surface area contributed by atoms with E-state index in [1.165, 1.54) is 0 Å².